The molecule has 0 aliphatic rings. The van der Waals surface area contributed by atoms with Crippen LogP contribution in [0.2, 0.25) is 0 Å². The molecule has 104 valence electrons. The number of carbonyl (C=O) groups is 1. The van der Waals surface area contributed by atoms with Gasteiger partial charge in [0, 0.05) is 28.3 Å². The summed E-state index contributed by atoms with van der Waals surface area (Å²) in [5, 5.41) is 11.9. The Labute approximate surface area is 120 Å². The quantitative estimate of drug-likeness (QED) is 0.861. The molecule has 0 unspecified atom stereocenters. The molecule has 2 aromatic rings. The van der Waals surface area contributed by atoms with E-state index in [1.165, 1.54) is 37.0 Å². The lowest BCUT2D eigenvalue weighted by molar-refractivity contribution is 0.0693. The van der Waals surface area contributed by atoms with Crippen molar-refractivity contribution in [2.75, 3.05) is 7.11 Å². The maximum absolute atomic E-state index is 11.2. The summed E-state index contributed by atoms with van der Waals surface area (Å²) in [7, 11) is -1.07. The Kier molecular flexibility index (Phi) is 4.16. The van der Waals surface area contributed by atoms with Crippen molar-refractivity contribution in [3.63, 3.8) is 0 Å². The maximum atomic E-state index is 11.2. The lowest BCUT2D eigenvalue weighted by Crippen LogP contribution is -2.04. The van der Waals surface area contributed by atoms with Crippen LogP contribution < -0.4 is 4.74 Å². The highest BCUT2D eigenvalue weighted by atomic mass is 32.2. The molecule has 1 N–H and O–H groups in total. The molecule has 0 radical (unpaired) electrons. The minimum atomic E-state index is -2.41. The van der Waals surface area contributed by atoms with Crippen molar-refractivity contribution in [3.05, 3.63) is 34.8 Å². The Morgan fingerprint density at radius 1 is 1.45 bits per heavy atom. The summed E-state index contributed by atoms with van der Waals surface area (Å²) in [6, 6.07) is 2.73. The SMILES string of the molecule is COc1c(C(=O)O)ccc(C=S(=O)=O)c1-c1cnsc1. The van der Waals surface area contributed by atoms with E-state index in [2.05, 4.69) is 4.37 Å². The smallest absolute Gasteiger partial charge is 0.339 e. The van der Waals surface area contributed by atoms with Gasteiger partial charge in [0.25, 0.3) is 0 Å². The lowest BCUT2D eigenvalue weighted by Gasteiger charge is -2.12. The fraction of sp³-hybridized carbons (Fsp3) is 0.0833. The number of hydrogen-bond donors (Lipinski definition) is 1. The molecular weight excluding hydrogens is 302 g/mol. The Hall–Kier alpha value is -2.19. The molecule has 1 aromatic carbocycles. The molecule has 0 saturated carbocycles. The zero-order chi connectivity index (χ0) is 14.7. The van der Waals surface area contributed by atoms with Gasteiger partial charge in [0.2, 0.25) is 10.3 Å². The second kappa shape index (κ2) is 5.85. The van der Waals surface area contributed by atoms with E-state index in [0.29, 0.717) is 16.7 Å². The van der Waals surface area contributed by atoms with Crippen LogP contribution in [0.5, 0.6) is 5.75 Å². The van der Waals surface area contributed by atoms with Crippen molar-refractivity contribution in [3.8, 4) is 16.9 Å². The third-order valence-corrected chi connectivity index (χ3v) is 3.60. The number of benzene rings is 1. The Morgan fingerprint density at radius 2 is 2.20 bits per heavy atom. The van der Waals surface area contributed by atoms with E-state index in [4.69, 9.17) is 9.84 Å². The molecule has 0 spiro atoms. The third-order valence-electron chi connectivity index (χ3n) is 2.57. The maximum Gasteiger partial charge on any atom is 0.339 e. The summed E-state index contributed by atoms with van der Waals surface area (Å²) in [6.07, 6.45) is 1.53. The van der Waals surface area contributed by atoms with Crippen LogP contribution in [0.1, 0.15) is 15.9 Å². The fourth-order valence-corrected chi connectivity index (χ4v) is 2.74. The summed E-state index contributed by atoms with van der Waals surface area (Å²) in [6.45, 7) is 0. The number of aromatic carboxylic acids is 1. The van der Waals surface area contributed by atoms with E-state index in [9.17, 15) is 13.2 Å². The Morgan fingerprint density at radius 3 is 2.70 bits per heavy atom. The molecule has 1 aromatic heterocycles. The monoisotopic (exact) mass is 311 g/mol. The second-order valence-corrected chi connectivity index (χ2v) is 5.12. The van der Waals surface area contributed by atoms with Gasteiger partial charge < -0.3 is 9.84 Å². The molecule has 0 bridgehead atoms. The van der Waals surface area contributed by atoms with Gasteiger partial charge in [0.1, 0.15) is 11.3 Å². The lowest BCUT2D eigenvalue weighted by atomic mass is 9.99. The van der Waals surface area contributed by atoms with E-state index in [1.54, 1.807) is 5.38 Å². The van der Waals surface area contributed by atoms with E-state index < -0.39 is 16.3 Å². The topological polar surface area (TPSA) is 93.6 Å². The number of carboxylic acids is 1. The third kappa shape index (κ3) is 2.70. The number of aromatic nitrogens is 1. The highest BCUT2D eigenvalue weighted by molar-refractivity contribution is 7.71. The average molecular weight is 311 g/mol. The van der Waals surface area contributed by atoms with E-state index in [1.807, 2.05) is 0 Å². The summed E-state index contributed by atoms with van der Waals surface area (Å²) >= 11 is 1.17. The van der Waals surface area contributed by atoms with Gasteiger partial charge in [-0.05, 0) is 17.6 Å². The van der Waals surface area contributed by atoms with Crippen LogP contribution in [0.15, 0.2) is 23.7 Å². The summed E-state index contributed by atoms with van der Waals surface area (Å²) in [5.41, 5.74) is 1.31. The second-order valence-electron chi connectivity index (χ2n) is 3.71. The van der Waals surface area contributed by atoms with Crippen molar-refractivity contribution < 1.29 is 23.1 Å². The Balaban J connectivity index is 2.85. The van der Waals surface area contributed by atoms with Crippen LogP contribution in [0, 0.1) is 0 Å². The normalized spacial score (nSPS) is 10.1. The van der Waals surface area contributed by atoms with Crippen molar-refractivity contribution in [2.24, 2.45) is 0 Å². The molecule has 0 aliphatic carbocycles. The van der Waals surface area contributed by atoms with Gasteiger partial charge in [-0.15, -0.1) is 0 Å². The summed E-state index contributed by atoms with van der Waals surface area (Å²) in [5.74, 6) is -1.04. The van der Waals surface area contributed by atoms with Gasteiger partial charge >= 0.3 is 5.97 Å². The molecule has 0 fully saturated rings. The first-order valence-electron chi connectivity index (χ1n) is 5.31. The van der Waals surface area contributed by atoms with Crippen LogP contribution in [0.4, 0.5) is 0 Å². The number of carboxylic acid groups (broad SMARTS) is 1. The first kappa shape index (κ1) is 14.2. The van der Waals surface area contributed by atoms with Gasteiger partial charge in [-0.3, -0.25) is 0 Å². The number of ether oxygens (including phenoxy) is 1. The number of rotatable bonds is 4. The standard InChI is InChI=1S/C12H9NO5S2/c1-18-11-9(12(14)15)3-2-7(6-20(16)17)10(11)8-4-13-19-5-8/h2-6H,1H3,(H,14,15). The van der Waals surface area contributed by atoms with Crippen LogP contribution >= 0.6 is 11.5 Å². The number of hydrogen-bond acceptors (Lipinski definition) is 6. The molecule has 0 atom stereocenters. The molecule has 8 heteroatoms. The summed E-state index contributed by atoms with van der Waals surface area (Å²) in [4.78, 5) is 11.2. The first-order chi connectivity index (χ1) is 9.54. The van der Waals surface area contributed by atoms with E-state index in [0.717, 1.165) is 5.37 Å². The fourth-order valence-electron chi connectivity index (χ4n) is 1.81. The van der Waals surface area contributed by atoms with Crippen molar-refractivity contribution >= 4 is 33.2 Å². The van der Waals surface area contributed by atoms with Gasteiger partial charge in [-0.1, -0.05) is 6.07 Å². The highest BCUT2D eigenvalue weighted by Gasteiger charge is 2.19. The molecule has 1 heterocycles. The van der Waals surface area contributed by atoms with Crippen LogP contribution in [-0.2, 0) is 10.3 Å². The predicted molar refractivity (Wildman–Crippen MR) is 75.1 cm³/mol. The molecule has 20 heavy (non-hydrogen) atoms. The van der Waals surface area contributed by atoms with Gasteiger partial charge in [0.15, 0.2) is 0 Å². The van der Waals surface area contributed by atoms with Gasteiger partial charge in [-0.25, -0.2) is 9.17 Å². The Bertz CT molecular complexity index is 770. The number of methoxy groups -OCH3 is 1. The van der Waals surface area contributed by atoms with Gasteiger partial charge in [0.05, 0.1) is 12.5 Å². The molecule has 0 saturated heterocycles. The molecule has 0 aliphatic heterocycles. The van der Waals surface area contributed by atoms with Crippen LogP contribution in [0.3, 0.4) is 0 Å². The summed E-state index contributed by atoms with van der Waals surface area (Å²) < 4.78 is 30.9. The van der Waals surface area contributed by atoms with E-state index >= 15 is 0 Å². The first-order valence-corrected chi connectivity index (χ1v) is 7.29. The van der Waals surface area contributed by atoms with Crippen molar-refractivity contribution in [1.29, 1.82) is 0 Å². The zero-order valence-electron chi connectivity index (χ0n) is 10.2. The molecule has 6 nitrogen and oxygen atoms in total. The van der Waals surface area contributed by atoms with Crippen molar-refractivity contribution in [2.45, 2.75) is 0 Å². The zero-order valence-corrected chi connectivity index (χ0v) is 11.9. The van der Waals surface area contributed by atoms with Crippen molar-refractivity contribution in [1.82, 2.24) is 4.37 Å². The molecular formula is C12H9NO5S2. The largest absolute Gasteiger partial charge is 0.495 e. The molecule has 2 rings (SSSR count). The highest BCUT2D eigenvalue weighted by Crippen LogP contribution is 2.36. The average Bonchev–Trinajstić information content (AvgIpc) is 2.90. The van der Waals surface area contributed by atoms with Crippen LogP contribution in [0.25, 0.3) is 11.1 Å². The van der Waals surface area contributed by atoms with E-state index in [-0.39, 0.29) is 11.3 Å². The predicted octanol–water partition coefficient (Wildman–Crippen LogP) is 1.55. The minimum Gasteiger partial charge on any atom is -0.495 e. The van der Waals surface area contributed by atoms with Gasteiger partial charge in [-0.2, -0.15) is 8.42 Å². The van der Waals surface area contributed by atoms with Crippen LogP contribution in [-0.4, -0.2) is 36.3 Å². The minimum absolute atomic E-state index is 0.0393. The molecule has 0 amide bonds. The number of nitrogens with zero attached hydrogens (tertiary/aromatic N) is 1.